The van der Waals surface area contributed by atoms with Crippen LogP contribution in [0.5, 0.6) is 17.2 Å². The Morgan fingerprint density at radius 3 is 2.46 bits per heavy atom. The van der Waals surface area contributed by atoms with Gasteiger partial charge in [-0.3, -0.25) is 4.79 Å². The second-order valence-corrected chi connectivity index (χ2v) is 9.34. The Morgan fingerprint density at radius 1 is 1.08 bits per heavy atom. The van der Waals surface area contributed by atoms with Crippen LogP contribution in [0.15, 0.2) is 48.5 Å². The number of halogens is 2. The summed E-state index contributed by atoms with van der Waals surface area (Å²) in [7, 11) is 2.98. The number of pyridine rings is 1. The molecule has 0 radical (unpaired) electrons. The zero-order valence-electron chi connectivity index (χ0n) is 20.7. The summed E-state index contributed by atoms with van der Waals surface area (Å²) in [5, 5.41) is 20.7. The van der Waals surface area contributed by atoms with Gasteiger partial charge < -0.3 is 24.4 Å². The first-order chi connectivity index (χ1) is 17.8. The highest BCUT2D eigenvalue weighted by Crippen LogP contribution is 2.49. The topological polar surface area (TPSA) is 98.1 Å². The van der Waals surface area contributed by atoms with Crippen molar-refractivity contribution >= 4 is 17.4 Å². The SMILES string of the molecule is COc1cc(C(=O)CCC(O)(c2ccc(OC)c(-c3ccc(F)c(Cl)c3)n2)C2CC2)ccc1OCCO. The van der Waals surface area contributed by atoms with E-state index in [1.165, 1.54) is 26.4 Å². The van der Waals surface area contributed by atoms with Gasteiger partial charge in [-0.2, -0.15) is 0 Å². The van der Waals surface area contributed by atoms with Crippen molar-refractivity contribution in [2.24, 2.45) is 5.92 Å². The van der Waals surface area contributed by atoms with Gasteiger partial charge in [0.2, 0.25) is 0 Å². The van der Waals surface area contributed by atoms with Crippen LogP contribution < -0.4 is 14.2 Å². The third-order valence-electron chi connectivity index (χ3n) is 6.54. The zero-order valence-corrected chi connectivity index (χ0v) is 21.4. The van der Waals surface area contributed by atoms with E-state index in [1.807, 2.05) is 0 Å². The highest BCUT2D eigenvalue weighted by molar-refractivity contribution is 6.31. The smallest absolute Gasteiger partial charge is 0.163 e. The summed E-state index contributed by atoms with van der Waals surface area (Å²) in [6.07, 6.45) is 1.89. The van der Waals surface area contributed by atoms with Crippen molar-refractivity contribution < 1.29 is 33.6 Å². The van der Waals surface area contributed by atoms with E-state index in [4.69, 9.17) is 35.9 Å². The molecular weight excluding hydrogens is 501 g/mol. The number of rotatable bonds is 12. The predicted molar refractivity (Wildman–Crippen MR) is 137 cm³/mol. The number of aliphatic hydroxyl groups is 2. The highest BCUT2D eigenvalue weighted by Gasteiger charge is 2.46. The van der Waals surface area contributed by atoms with Crippen molar-refractivity contribution in [3.05, 3.63) is 70.6 Å². The molecule has 1 atom stereocenters. The molecular formula is C28H29ClFNO6. The van der Waals surface area contributed by atoms with E-state index in [0.29, 0.717) is 39.8 Å². The van der Waals surface area contributed by atoms with Crippen molar-refractivity contribution in [3.63, 3.8) is 0 Å². The molecule has 3 aromatic rings. The van der Waals surface area contributed by atoms with E-state index < -0.39 is 11.4 Å². The van der Waals surface area contributed by atoms with Crippen molar-refractivity contribution in [3.8, 4) is 28.5 Å². The Bertz CT molecular complexity index is 1280. The van der Waals surface area contributed by atoms with Crippen LogP contribution in [0.25, 0.3) is 11.3 Å². The normalized spacial score (nSPS) is 14.6. The van der Waals surface area contributed by atoms with Gasteiger partial charge in [0, 0.05) is 17.5 Å². The van der Waals surface area contributed by atoms with Crippen LogP contribution in [0.3, 0.4) is 0 Å². The van der Waals surface area contributed by atoms with E-state index in [2.05, 4.69) is 0 Å². The maximum Gasteiger partial charge on any atom is 0.163 e. The predicted octanol–water partition coefficient (Wildman–Crippen LogP) is 5.19. The first-order valence-corrected chi connectivity index (χ1v) is 12.4. The summed E-state index contributed by atoms with van der Waals surface area (Å²) in [6, 6.07) is 12.5. The van der Waals surface area contributed by atoms with Crippen LogP contribution in [0.1, 0.15) is 41.7 Å². The van der Waals surface area contributed by atoms with E-state index in [1.54, 1.807) is 36.4 Å². The molecule has 1 saturated carbocycles. The van der Waals surface area contributed by atoms with E-state index in [-0.39, 0.29) is 42.8 Å². The van der Waals surface area contributed by atoms with Crippen LogP contribution in [-0.2, 0) is 5.60 Å². The molecule has 4 rings (SSSR count). The number of nitrogens with zero attached hydrogens (tertiary/aromatic N) is 1. The van der Waals surface area contributed by atoms with Gasteiger partial charge in [-0.25, -0.2) is 9.37 Å². The maximum atomic E-state index is 13.7. The lowest BCUT2D eigenvalue weighted by Crippen LogP contribution is -2.30. The summed E-state index contributed by atoms with van der Waals surface area (Å²) in [5.41, 5.74) is 0.500. The third kappa shape index (κ3) is 5.87. The largest absolute Gasteiger partial charge is 0.494 e. The molecule has 1 aliphatic carbocycles. The molecule has 0 amide bonds. The highest BCUT2D eigenvalue weighted by atomic mass is 35.5. The molecule has 37 heavy (non-hydrogen) atoms. The lowest BCUT2D eigenvalue weighted by Gasteiger charge is -2.28. The molecule has 0 aliphatic heterocycles. The van der Waals surface area contributed by atoms with Crippen LogP contribution in [0.4, 0.5) is 4.39 Å². The van der Waals surface area contributed by atoms with Gasteiger partial charge in [0.15, 0.2) is 17.3 Å². The van der Waals surface area contributed by atoms with Gasteiger partial charge in [0.1, 0.15) is 29.5 Å². The number of ether oxygens (including phenoxy) is 3. The summed E-state index contributed by atoms with van der Waals surface area (Å²) in [5.74, 6) is 0.531. The van der Waals surface area contributed by atoms with Gasteiger partial charge in [-0.15, -0.1) is 0 Å². The number of aliphatic hydroxyl groups excluding tert-OH is 1. The molecule has 1 unspecified atom stereocenters. The summed E-state index contributed by atoms with van der Waals surface area (Å²) in [6.45, 7) is -0.0298. The van der Waals surface area contributed by atoms with Crippen molar-refractivity contribution in [2.45, 2.75) is 31.3 Å². The molecule has 0 saturated heterocycles. The number of methoxy groups -OCH3 is 2. The minimum atomic E-state index is -1.32. The number of hydrogen-bond donors (Lipinski definition) is 2. The number of aromatic nitrogens is 1. The van der Waals surface area contributed by atoms with E-state index in [0.717, 1.165) is 12.8 Å². The zero-order chi connectivity index (χ0) is 26.6. The molecule has 9 heteroatoms. The van der Waals surface area contributed by atoms with Crippen LogP contribution >= 0.6 is 11.6 Å². The van der Waals surface area contributed by atoms with Crippen LogP contribution in [0.2, 0.25) is 5.02 Å². The molecule has 1 heterocycles. The lowest BCUT2D eigenvalue weighted by atomic mass is 9.86. The standard InChI is InChI=1S/C28H29ClFNO6/c1-35-24-9-10-26(31-27(24)18-3-7-21(30)20(29)15-18)28(34,19-5-6-19)12-11-22(33)17-4-8-23(37-14-13-32)25(16-17)36-2/h3-4,7-10,15-16,19,32,34H,5-6,11-14H2,1-2H3. The monoisotopic (exact) mass is 529 g/mol. The molecule has 2 N–H and O–H groups in total. The second-order valence-electron chi connectivity index (χ2n) is 8.94. The Morgan fingerprint density at radius 2 is 1.81 bits per heavy atom. The second kappa shape index (κ2) is 11.5. The van der Waals surface area contributed by atoms with Crippen LogP contribution in [0, 0.1) is 11.7 Å². The fourth-order valence-electron chi connectivity index (χ4n) is 4.37. The van der Waals surface area contributed by atoms with Crippen LogP contribution in [-0.4, -0.2) is 48.4 Å². The number of ketones is 1. The van der Waals surface area contributed by atoms with E-state index in [9.17, 15) is 14.3 Å². The van der Waals surface area contributed by atoms with Gasteiger partial charge >= 0.3 is 0 Å². The number of benzene rings is 2. The first-order valence-electron chi connectivity index (χ1n) is 12.0. The van der Waals surface area contributed by atoms with Gasteiger partial charge in [0.05, 0.1) is 31.5 Å². The van der Waals surface area contributed by atoms with Gasteiger partial charge in [0.25, 0.3) is 0 Å². The molecule has 1 aliphatic rings. The minimum Gasteiger partial charge on any atom is -0.494 e. The maximum absolute atomic E-state index is 13.7. The van der Waals surface area contributed by atoms with Gasteiger partial charge in [-0.05, 0) is 73.7 Å². The summed E-state index contributed by atoms with van der Waals surface area (Å²) < 4.78 is 30.0. The van der Waals surface area contributed by atoms with Crippen molar-refractivity contribution in [2.75, 3.05) is 27.4 Å². The van der Waals surface area contributed by atoms with Crippen molar-refractivity contribution in [1.29, 1.82) is 0 Å². The number of carbonyl (C=O) groups is 1. The average molecular weight is 530 g/mol. The molecule has 7 nitrogen and oxygen atoms in total. The number of carbonyl (C=O) groups excluding carboxylic acids is 1. The fraction of sp³-hybridized carbons (Fsp3) is 0.357. The molecule has 196 valence electrons. The molecule has 1 fully saturated rings. The summed E-state index contributed by atoms with van der Waals surface area (Å²) >= 11 is 5.99. The lowest BCUT2D eigenvalue weighted by molar-refractivity contribution is -0.00110. The summed E-state index contributed by atoms with van der Waals surface area (Å²) in [4.78, 5) is 17.8. The Labute approximate surface area is 219 Å². The Balaban J connectivity index is 1.59. The molecule has 0 bridgehead atoms. The molecule has 1 aromatic heterocycles. The van der Waals surface area contributed by atoms with E-state index >= 15 is 0 Å². The average Bonchev–Trinajstić information content (AvgIpc) is 3.77. The molecule has 0 spiro atoms. The number of Topliss-reactive ketones (excluding diaryl/α,β-unsaturated/α-hetero) is 1. The third-order valence-corrected chi connectivity index (χ3v) is 6.82. The Kier molecular flexibility index (Phi) is 8.32. The molecule has 2 aromatic carbocycles. The minimum absolute atomic E-state index is 0.0327. The van der Waals surface area contributed by atoms with Gasteiger partial charge in [-0.1, -0.05) is 11.6 Å². The fourth-order valence-corrected chi connectivity index (χ4v) is 4.55. The quantitative estimate of drug-likeness (QED) is 0.311. The number of hydrogen-bond acceptors (Lipinski definition) is 7. The van der Waals surface area contributed by atoms with Crippen molar-refractivity contribution in [1.82, 2.24) is 4.98 Å². The Hall–Kier alpha value is -3.20. The first kappa shape index (κ1) is 26.9.